The van der Waals surface area contributed by atoms with Crippen LogP contribution in [0.4, 0.5) is 4.79 Å². The first-order valence-corrected chi connectivity index (χ1v) is 8.21. The van der Waals surface area contributed by atoms with Crippen molar-refractivity contribution in [2.24, 2.45) is 5.92 Å². The first-order chi connectivity index (χ1) is 10.1. The maximum atomic E-state index is 11.9. The maximum absolute atomic E-state index is 11.9. The molecule has 2 atom stereocenters. The van der Waals surface area contributed by atoms with Crippen molar-refractivity contribution in [3.05, 3.63) is 10.6 Å². The molecule has 1 aromatic rings. The van der Waals surface area contributed by atoms with E-state index in [0.29, 0.717) is 29.7 Å². The Bertz CT molecular complexity index is 524. The number of H-pyrrole nitrogens is 1. The smallest absolute Gasteiger partial charge is 0.315 e. The van der Waals surface area contributed by atoms with Crippen LogP contribution in [0, 0.1) is 10.7 Å². The SMILES string of the molecule is CCn1c(CCNC(=O)N[C@H]2CCCC[C@@H]2C)n[nH]c1=S. The van der Waals surface area contributed by atoms with E-state index in [1.54, 1.807) is 0 Å². The van der Waals surface area contributed by atoms with E-state index in [9.17, 15) is 4.79 Å². The Morgan fingerprint density at radius 1 is 1.48 bits per heavy atom. The van der Waals surface area contributed by atoms with Crippen molar-refractivity contribution in [1.82, 2.24) is 25.4 Å². The summed E-state index contributed by atoms with van der Waals surface area (Å²) >= 11 is 5.14. The summed E-state index contributed by atoms with van der Waals surface area (Å²) in [4.78, 5) is 11.9. The van der Waals surface area contributed by atoms with Crippen molar-refractivity contribution in [3.63, 3.8) is 0 Å². The van der Waals surface area contributed by atoms with Crippen molar-refractivity contribution in [2.75, 3.05) is 6.54 Å². The summed E-state index contributed by atoms with van der Waals surface area (Å²) in [6.45, 7) is 5.59. The number of nitrogens with one attached hydrogen (secondary N) is 3. The van der Waals surface area contributed by atoms with Crippen LogP contribution in [0.1, 0.15) is 45.4 Å². The largest absolute Gasteiger partial charge is 0.338 e. The molecule has 0 unspecified atom stereocenters. The number of amides is 2. The summed E-state index contributed by atoms with van der Waals surface area (Å²) < 4.78 is 2.57. The quantitative estimate of drug-likeness (QED) is 0.731. The topological polar surface area (TPSA) is 74.7 Å². The number of hydrogen-bond donors (Lipinski definition) is 3. The van der Waals surface area contributed by atoms with Crippen molar-refractivity contribution < 1.29 is 4.79 Å². The number of nitrogens with zero attached hydrogens (tertiary/aromatic N) is 2. The van der Waals surface area contributed by atoms with Crippen LogP contribution in [0.5, 0.6) is 0 Å². The highest BCUT2D eigenvalue weighted by Gasteiger charge is 2.22. The molecule has 1 fully saturated rings. The first-order valence-electron chi connectivity index (χ1n) is 7.80. The van der Waals surface area contributed by atoms with Gasteiger partial charge in [-0.3, -0.25) is 5.10 Å². The third-order valence-electron chi connectivity index (χ3n) is 4.22. The van der Waals surface area contributed by atoms with Gasteiger partial charge in [0.15, 0.2) is 4.77 Å². The number of aromatic amines is 1. The van der Waals surface area contributed by atoms with Crippen LogP contribution >= 0.6 is 12.2 Å². The molecule has 0 aliphatic heterocycles. The summed E-state index contributed by atoms with van der Waals surface area (Å²) in [5.74, 6) is 1.45. The molecule has 6 nitrogen and oxygen atoms in total. The van der Waals surface area contributed by atoms with E-state index >= 15 is 0 Å². The van der Waals surface area contributed by atoms with E-state index in [1.807, 2.05) is 11.5 Å². The molecule has 1 saturated carbocycles. The standard InChI is InChI=1S/C14H25N5OS/c1-3-19-12(17-18-14(19)21)8-9-15-13(20)16-11-7-5-4-6-10(11)2/h10-11H,3-9H2,1-2H3,(H,18,21)(H2,15,16,20)/t10-,11-/m0/s1. The van der Waals surface area contributed by atoms with E-state index in [-0.39, 0.29) is 6.03 Å². The monoisotopic (exact) mass is 311 g/mol. The number of aromatic nitrogens is 3. The van der Waals surface area contributed by atoms with Crippen LogP contribution in [-0.4, -0.2) is 33.4 Å². The molecule has 2 rings (SSSR count). The minimum absolute atomic E-state index is 0.0778. The van der Waals surface area contributed by atoms with Crippen molar-refractivity contribution in [1.29, 1.82) is 0 Å². The molecule has 21 heavy (non-hydrogen) atoms. The van der Waals surface area contributed by atoms with E-state index in [4.69, 9.17) is 12.2 Å². The average molecular weight is 311 g/mol. The Balaban J connectivity index is 1.75. The van der Waals surface area contributed by atoms with Gasteiger partial charge in [0, 0.05) is 25.6 Å². The second-order valence-electron chi connectivity index (χ2n) is 5.71. The van der Waals surface area contributed by atoms with E-state index in [2.05, 4.69) is 27.8 Å². The Hall–Kier alpha value is -1.37. The lowest BCUT2D eigenvalue weighted by molar-refractivity contribution is 0.222. The van der Waals surface area contributed by atoms with Gasteiger partial charge in [0.25, 0.3) is 0 Å². The zero-order chi connectivity index (χ0) is 15.2. The highest BCUT2D eigenvalue weighted by Crippen LogP contribution is 2.23. The zero-order valence-electron chi connectivity index (χ0n) is 12.8. The number of carbonyl (C=O) groups is 1. The van der Waals surface area contributed by atoms with Crippen molar-refractivity contribution in [3.8, 4) is 0 Å². The third kappa shape index (κ3) is 4.30. The third-order valence-corrected chi connectivity index (χ3v) is 4.53. The Morgan fingerprint density at radius 2 is 2.24 bits per heavy atom. The van der Waals surface area contributed by atoms with Crippen molar-refractivity contribution >= 4 is 18.2 Å². The highest BCUT2D eigenvalue weighted by molar-refractivity contribution is 7.71. The molecular weight excluding hydrogens is 286 g/mol. The van der Waals surface area contributed by atoms with Crippen LogP contribution < -0.4 is 10.6 Å². The summed E-state index contributed by atoms with van der Waals surface area (Å²) in [5.41, 5.74) is 0. The molecule has 3 N–H and O–H groups in total. The maximum Gasteiger partial charge on any atom is 0.315 e. The van der Waals surface area contributed by atoms with Crippen LogP contribution in [-0.2, 0) is 13.0 Å². The van der Waals surface area contributed by atoms with Crippen LogP contribution in [0.15, 0.2) is 0 Å². The lowest BCUT2D eigenvalue weighted by Crippen LogP contribution is -2.46. The van der Waals surface area contributed by atoms with Gasteiger partial charge in [0.05, 0.1) is 0 Å². The lowest BCUT2D eigenvalue weighted by Gasteiger charge is -2.29. The Morgan fingerprint density at radius 3 is 2.95 bits per heavy atom. The molecule has 7 heteroatoms. The van der Waals surface area contributed by atoms with Crippen molar-refractivity contribution in [2.45, 2.75) is 58.5 Å². The fraction of sp³-hybridized carbons (Fsp3) is 0.786. The molecule has 2 amide bonds. The molecule has 0 bridgehead atoms. The molecule has 0 saturated heterocycles. The Labute approximate surface area is 130 Å². The van der Waals surface area contributed by atoms with Gasteiger partial charge < -0.3 is 15.2 Å². The molecule has 1 aliphatic carbocycles. The first kappa shape index (κ1) is 16.0. The van der Waals surface area contributed by atoms with E-state index in [1.165, 1.54) is 19.3 Å². The molecule has 0 radical (unpaired) electrons. The minimum Gasteiger partial charge on any atom is -0.338 e. The van der Waals surface area contributed by atoms with Gasteiger partial charge >= 0.3 is 6.03 Å². The summed E-state index contributed by atoms with van der Waals surface area (Å²) in [6, 6.07) is 0.231. The predicted molar refractivity (Wildman–Crippen MR) is 84.7 cm³/mol. The zero-order valence-corrected chi connectivity index (χ0v) is 13.6. The molecule has 1 aliphatic rings. The Kier molecular flexibility index (Phi) is 5.78. The van der Waals surface area contributed by atoms with Gasteiger partial charge in [-0.05, 0) is 37.9 Å². The number of carbonyl (C=O) groups excluding carboxylic acids is 1. The molecule has 1 aromatic heterocycles. The fourth-order valence-electron chi connectivity index (χ4n) is 2.91. The van der Waals surface area contributed by atoms with Crippen LogP contribution in [0.25, 0.3) is 0 Å². The van der Waals surface area contributed by atoms with Gasteiger partial charge in [-0.15, -0.1) is 0 Å². The summed E-state index contributed by atoms with van der Waals surface area (Å²) in [7, 11) is 0. The molecule has 118 valence electrons. The van der Waals surface area contributed by atoms with Gasteiger partial charge in [-0.1, -0.05) is 19.8 Å². The summed E-state index contributed by atoms with van der Waals surface area (Å²) in [5, 5.41) is 13.0. The second-order valence-corrected chi connectivity index (χ2v) is 6.09. The molecule has 0 spiro atoms. The summed E-state index contributed by atoms with van der Waals surface area (Å²) in [6.07, 6.45) is 5.45. The predicted octanol–water partition coefficient (Wildman–Crippen LogP) is 2.38. The number of urea groups is 1. The van der Waals surface area contributed by atoms with E-state index < -0.39 is 0 Å². The second kappa shape index (κ2) is 7.59. The molecular formula is C14H25N5OS. The fourth-order valence-corrected chi connectivity index (χ4v) is 3.19. The minimum atomic E-state index is -0.0778. The number of hydrogen-bond acceptors (Lipinski definition) is 3. The average Bonchev–Trinajstić information content (AvgIpc) is 2.82. The van der Waals surface area contributed by atoms with Gasteiger partial charge in [-0.2, -0.15) is 5.10 Å². The van der Waals surface area contributed by atoms with Gasteiger partial charge in [0.2, 0.25) is 0 Å². The van der Waals surface area contributed by atoms with Crippen LogP contribution in [0.2, 0.25) is 0 Å². The normalized spacial score (nSPS) is 22.0. The molecule has 1 heterocycles. The van der Waals surface area contributed by atoms with Gasteiger partial charge in [-0.25, -0.2) is 4.79 Å². The van der Waals surface area contributed by atoms with E-state index in [0.717, 1.165) is 18.8 Å². The highest BCUT2D eigenvalue weighted by atomic mass is 32.1. The number of rotatable bonds is 5. The van der Waals surface area contributed by atoms with Gasteiger partial charge in [0.1, 0.15) is 5.82 Å². The van der Waals surface area contributed by atoms with Crippen LogP contribution in [0.3, 0.4) is 0 Å². The lowest BCUT2D eigenvalue weighted by atomic mass is 9.86. The molecule has 0 aromatic carbocycles.